The molecular weight excluding hydrogens is 336 g/mol. The Kier molecular flexibility index (Phi) is 6.16. The van der Waals surface area contributed by atoms with Crippen LogP contribution >= 0.6 is 0 Å². The number of rotatable bonds is 6. The maximum atomic E-state index is 12.0. The van der Waals surface area contributed by atoms with Crippen molar-refractivity contribution in [2.75, 3.05) is 0 Å². The molecule has 0 saturated carbocycles. The lowest BCUT2D eigenvalue weighted by atomic mass is 10.0. The van der Waals surface area contributed by atoms with Gasteiger partial charge in [-0.2, -0.15) is 0 Å². The van der Waals surface area contributed by atoms with Crippen LogP contribution in [0.1, 0.15) is 39.8 Å². The van der Waals surface area contributed by atoms with Gasteiger partial charge in [-0.3, -0.25) is 4.98 Å². The molecule has 0 bridgehead atoms. The third-order valence-corrected chi connectivity index (χ3v) is 3.73. The number of aryl methyl sites for hydroxylation is 2. The van der Waals surface area contributed by atoms with Crippen LogP contribution < -0.4 is 5.32 Å². The molecule has 0 spiro atoms. The van der Waals surface area contributed by atoms with Crippen molar-refractivity contribution >= 4 is 12.1 Å². The van der Waals surface area contributed by atoms with Crippen LogP contribution in [0.4, 0.5) is 4.79 Å². The maximum Gasteiger partial charge on any atom is 0.407 e. The van der Waals surface area contributed by atoms with Crippen LogP contribution in [-0.2, 0) is 17.8 Å². The van der Waals surface area contributed by atoms with Crippen molar-refractivity contribution in [3.63, 3.8) is 0 Å². The first-order valence-electron chi connectivity index (χ1n) is 8.17. The van der Waals surface area contributed by atoms with Crippen molar-refractivity contribution in [2.24, 2.45) is 0 Å². The van der Waals surface area contributed by atoms with Gasteiger partial charge in [0.15, 0.2) is 0 Å². The van der Waals surface area contributed by atoms with Gasteiger partial charge in [0.25, 0.3) is 0 Å². The molecule has 3 N–H and O–H groups in total. The van der Waals surface area contributed by atoms with Crippen LogP contribution in [0, 0.1) is 13.8 Å². The van der Waals surface area contributed by atoms with E-state index in [1.807, 2.05) is 26.0 Å². The topological polar surface area (TPSA) is 109 Å². The number of aromatic nitrogens is 1. The van der Waals surface area contributed by atoms with Crippen LogP contribution in [0.25, 0.3) is 0 Å². The van der Waals surface area contributed by atoms with E-state index >= 15 is 0 Å². The molecule has 0 fully saturated rings. The van der Waals surface area contributed by atoms with Gasteiger partial charge in [0.2, 0.25) is 0 Å². The monoisotopic (exact) mass is 358 g/mol. The van der Waals surface area contributed by atoms with E-state index in [1.54, 1.807) is 6.92 Å². The van der Waals surface area contributed by atoms with Crippen molar-refractivity contribution in [2.45, 2.75) is 39.8 Å². The van der Waals surface area contributed by atoms with Crippen LogP contribution in [0.3, 0.4) is 0 Å². The number of nitrogens with zero attached hydrogens (tertiary/aromatic N) is 1. The van der Waals surface area contributed by atoms with Gasteiger partial charge in [-0.1, -0.05) is 6.07 Å². The van der Waals surface area contributed by atoms with E-state index in [9.17, 15) is 19.8 Å². The minimum atomic E-state index is -1.13. The second-order valence-electron chi connectivity index (χ2n) is 6.23. The van der Waals surface area contributed by atoms with Crippen molar-refractivity contribution in [1.29, 1.82) is 0 Å². The van der Waals surface area contributed by atoms with E-state index in [0.29, 0.717) is 12.0 Å². The average molecular weight is 358 g/mol. The number of carboxylic acid groups (broad SMARTS) is 1. The van der Waals surface area contributed by atoms with Crippen LogP contribution in [0.15, 0.2) is 30.3 Å². The fourth-order valence-corrected chi connectivity index (χ4v) is 2.72. The minimum absolute atomic E-state index is 0.00903. The molecule has 7 nitrogen and oxygen atoms in total. The summed E-state index contributed by atoms with van der Waals surface area (Å²) < 4.78 is 5.21. The summed E-state index contributed by atoms with van der Waals surface area (Å²) in [6.45, 7) is 5.62. The number of phenolic OH excluding ortho intramolecular Hbond substituents is 1. The minimum Gasteiger partial charge on any atom is -0.508 e. The fraction of sp³-hybridized carbons (Fsp3) is 0.316. The molecule has 1 aromatic carbocycles. The molecule has 7 heteroatoms. The van der Waals surface area contributed by atoms with Crippen molar-refractivity contribution in [3.05, 3.63) is 58.4 Å². The number of benzene rings is 1. The van der Waals surface area contributed by atoms with Crippen molar-refractivity contribution in [1.82, 2.24) is 10.3 Å². The SMILES string of the molecule is Cc1cc(COC(=O)N[C@@H](C)Cc2ccc(O)cc2C(=O)O)cc(C)n1. The number of nitrogens with one attached hydrogen (secondary N) is 1. The molecule has 138 valence electrons. The summed E-state index contributed by atoms with van der Waals surface area (Å²) in [6, 6.07) is 7.49. The van der Waals surface area contributed by atoms with E-state index in [2.05, 4.69) is 10.3 Å². The van der Waals surface area contributed by atoms with Crippen molar-refractivity contribution in [3.8, 4) is 5.75 Å². The number of aromatic carboxylic acids is 1. The highest BCUT2D eigenvalue weighted by Crippen LogP contribution is 2.18. The number of ether oxygens (including phenoxy) is 1. The molecule has 0 saturated heterocycles. The van der Waals surface area contributed by atoms with E-state index in [0.717, 1.165) is 17.0 Å². The van der Waals surface area contributed by atoms with E-state index in [4.69, 9.17) is 4.74 Å². The molecule has 0 aliphatic rings. The first-order chi connectivity index (χ1) is 12.2. The summed E-state index contributed by atoms with van der Waals surface area (Å²) >= 11 is 0. The van der Waals surface area contributed by atoms with Gasteiger partial charge < -0.3 is 20.3 Å². The molecule has 1 atom stereocenters. The third-order valence-electron chi connectivity index (χ3n) is 3.73. The zero-order valence-electron chi connectivity index (χ0n) is 14.9. The van der Waals surface area contributed by atoms with E-state index in [-0.39, 0.29) is 24.0 Å². The molecular formula is C19H22N2O5. The second-order valence-corrected chi connectivity index (χ2v) is 6.23. The largest absolute Gasteiger partial charge is 0.508 e. The molecule has 1 aromatic heterocycles. The highest BCUT2D eigenvalue weighted by molar-refractivity contribution is 5.90. The molecule has 2 rings (SSSR count). The van der Waals surface area contributed by atoms with Gasteiger partial charge in [-0.05, 0) is 62.6 Å². The van der Waals surface area contributed by atoms with Crippen LogP contribution in [0.2, 0.25) is 0 Å². The maximum absolute atomic E-state index is 12.0. The summed E-state index contributed by atoms with van der Waals surface area (Å²) in [5.41, 5.74) is 3.08. The van der Waals surface area contributed by atoms with Gasteiger partial charge in [0.1, 0.15) is 12.4 Å². The van der Waals surface area contributed by atoms with Gasteiger partial charge in [0, 0.05) is 17.4 Å². The zero-order valence-corrected chi connectivity index (χ0v) is 14.9. The van der Waals surface area contributed by atoms with Gasteiger partial charge in [-0.15, -0.1) is 0 Å². The first kappa shape index (κ1) is 19.2. The normalized spacial score (nSPS) is 11.7. The van der Waals surface area contributed by atoms with Crippen molar-refractivity contribution < 1.29 is 24.5 Å². The summed E-state index contributed by atoms with van der Waals surface area (Å²) in [5, 5.41) is 21.3. The second kappa shape index (κ2) is 8.33. The lowest BCUT2D eigenvalue weighted by Gasteiger charge is -2.16. The van der Waals surface area contributed by atoms with Gasteiger partial charge in [0.05, 0.1) is 5.56 Å². The lowest BCUT2D eigenvalue weighted by molar-refractivity contribution is 0.0695. The Hall–Kier alpha value is -3.09. The molecule has 0 aliphatic heterocycles. The number of hydrogen-bond acceptors (Lipinski definition) is 5. The van der Waals surface area contributed by atoms with Crippen LogP contribution in [0.5, 0.6) is 5.75 Å². The number of alkyl carbamates (subject to hydrolysis) is 1. The smallest absolute Gasteiger partial charge is 0.407 e. The quantitative estimate of drug-likeness (QED) is 0.732. The molecule has 0 aliphatic carbocycles. The summed E-state index contributed by atoms with van der Waals surface area (Å²) in [4.78, 5) is 27.5. The Morgan fingerprint density at radius 3 is 2.46 bits per heavy atom. The predicted molar refractivity (Wildman–Crippen MR) is 95.3 cm³/mol. The van der Waals surface area contributed by atoms with Gasteiger partial charge in [-0.25, -0.2) is 9.59 Å². The van der Waals surface area contributed by atoms with E-state index < -0.39 is 12.1 Å². The Labute approximate surface area is 151 Å². The summed E-state index contributed by atoms with van der Waals surface area (Å²) in [6.07, 6.45) is -0.287. The Morgan fingerprint density at radius 2 is 1.85 bits per heavy atom. The third kappa shape index (κ3) is 5.47. The molecule has 1 amide bonds. The van der Waals surface area contributed by atoms with Crippen LogP contribution in [-0.4, -0.2) is 33.3 Å². The summed E-state index contributed by atoms with van der Waals surface area (Å²) in [5.74, 6) is -1.25. The number of carbonyl (C=O) groups excluding carboxylic acids is 1. The Bertz CT molecular complexity index is 799. The number of hydrogen-bond donors (Lipinski definition) is 3. The lowest BCUT2D eigenvalue weighted by Crippen LogP contribution is -2.34. The first-order valence-corrected chi connectivity index (χ1v) is 8.17. The molecule has 1 heterocycles. The standard InChI is InChI=1S/C19H22N2O5/c1-11-6-14(7-12(2)20-11)10-26-19(25)21-13(3)8-15-4-5-16(22)9-17(15)18(23)24/h4-7,9,13,22H,8,10H2,1-3H3,(H,21,25)(H,23,24)/t13-/m0/s1. The highest BCUT2D eigenvalue weighted by atomic mass is 16.5. The number of carbonyl (C=O) groups is 2. The number of pyridine rings is 1. The molecule has 26 heavy (non-hydrogen) atoms. The average Bonchev–Trinajstić information content (AvgIpc) is 2.53. The number of phenols is 1. The summed E-state index contributed by atoms with van der Waals surface area (Å²) in [7, 11) is 0. The highest BCUT2D eigenvalue weighted by Gasteiger charge is 2.15. The zero-order chi connectivity index (χ0) is 19.3. The number of carboxylic acids is 1. The molecule has 0 unspecified atom stereocenters. The van der Waals surface area contributed by atoms with Gasteiger partial charge >= 0.3 is 12.1 Å². The van der Waals surface area contributed by atoms with E-state index in [1.165, 1.54) is 18.2 Å². The fourth-order valence-electron chi connectivity index (χ4n) is 2.72. The molecule has 2 aromatic rings. The predicted octanol–water partition coefficient (Wildman–Crippen LogP) is 2.96. The Balaban J connectivity index is 1.92. The molecule has 0 radical (unpaired) electrons. The number of aromatic hydroxyl groups is 1. The Morgan fingerprint density at radius 1 is 1.19 bits per heavy atom. The number of amides is 1.